The second-order valence-corrected chi connectivity index (χ2v) is 48.2. The Balaban J connectivity index is 1.64. The van der Waals surface area contributed by atoms with Crippen LogP contribution < -0.4 is 0 Å². The van der Waals surface area contributed by atoms with Crippen molar-refractivity contribution in [3.8, 4) is 0 Å². The van der Waals surface area contributed by atoms with Gasteiger partial charge in [0, 0.05) is 0 Å². The summed E-state index contributed by atoms with van der Waals surface area (Å²) in [6.45, 7) is 2.42. The molecular formula is C14H18Ru. The monoisotopic (exact) mass is 288 g/mol. The Morgan fingerprint density at radius 3 is 1.67 bits per heavy atom. The van der Waals surface area contributed by atoms with Crippen LogP contribution in [0, 0.1) is 0 Å². The Kier molecular flexibility index (Phi) is 0.150. The maximum atomic E-state index is 2.42. The van der Waals surface area contributed by atoms with Gasteiger partial charge in [0.2, 0.25) is 0 Å². The molecule has 0 aliphatic carbocycles. The van der Waals surface area contributed by atoms with Gasteiger partial charge in [0.1, 0.15) is 0 Å². The van der Waals surface area contributed by atoms with Crippen molar-refractivity contribution in [2.24, 2.45) is 0 Å². The fraction of sp³-hybridized carbons (Fsp3) is 1.00. The number of hydrogen-bond acceptors (Lipinski definition) is 0. The second kappa shape index (κ2) is 0.407. The first-order chi connectivity index (χ1) is 7.11. The van der Waals surface area contributed by atoms with Crippen LogP contribution in [0.4, 0.5) is 0 Å². The van der Waals surface area contributed by atoms with Crippen molar-refractivity contribution >= 4 is 0 Å². The molecule has 0 saturated carbocycles. The van der Waals surface area contributed by atoms with Crippen LogP contribution in [0.5, 0.6) is 0 Å². The van der Waals surface area contributed by atoms with E-state index in [2.05, 4.69) is 6.92 Å². The van der Waals surface area contributed by atoms with Crippen molar-refractivity contribution in [2.75, 3.05) is 0 Å². The van der Waals surface area contributed by atoms with Gasteiger partial charge < -0.3 is 0 Å². The van der Waals surface area contributed by atoms with Gasteiger partial charge in [-0.25, -0.2) is 0 Å². The molecule has 4 unspecified atom stereocenters. The van der Waals surface area contributed by atoms with Crippen LogP contribution in [0.25, 0.3) is 0 Å². The van der Waals surface area contributed by atoms with Crippen LogP contribution in [0.15, 0.2) is 0 Å². The molecule has 4 atom stereocenters. The Morgan fingerprint density at radius 1 is 0.867 bits per heavy atom. The third-order valence-corrected chi connectivity index (χ3v) is 83.7. The molecule has 0 radical (unpaired) electrons. The summed E-state index contributed by atoms with van der Waals surface area (Å²) < 4.78 is 15.5. The van der Waals surface area contributed by atoms with Crippen LogP contribution in [0.3, 0.4) is 0 Å². The first-order valence-corrected chi connectivity index (χ1v) is 17.2. The van der Waals surface area contributed by atoms with Gasteiger partial charge in [0.05, 0.1) is 0 Å². The van der Waals surface area contributed by atoms with Crippen LogP contribution in [-0.4, -0.2) is 0 Å². The molecule has 1 spiro atoms. The third kappa shape index (κ3) is 0.0488. The molecule has 0 aromatic carbocycles. The number of fused-ring (bicyclic) bond motifs is 10. The number of hydrogen-bond donors (Lipinski definition) is 0. The fourth-order valence-electron chi connectivity index (χ4n) is 17.8. The van der Waals surface area contributed by atoms with E-state index in [1.807, 2.05) is 0 Å². The average Bonchev–Trinajstić information content (AvgIpc) is 3.18. The Morgan fingerprint density at radius 2 is 1.40 bits per heavy atom. The van der Waals surface area contributed by atoms with Gasteiger partial charge in [0.25, 0.3) is 0 Å². The first-order valence-electron chi connectivity index (χ1n) is 7.32. The van der Waals surface area contributed by atoms with Gasteiger partial charge in [-0.2, -0.15) is 0 Å². The van der Waals surface area contributed by atoms with Crippen LogP contribution >= 0.6 is 0 Å². The summed E-state index contributed by atoms with van der Waals surface area (Å²) in [6.07, 6.45) is 4.89. The second-order valence-electron chi connectivity index (χ2n) is 10.9. The molecule has 0 amide bonds. The zero-order valence-electron chi connectivity index (χ0n) is 9.17. The molecule has 10 aliphatic rings. The van der Waals surface area contributed by atoms with E-state index in [4.69, 9.17) is 0 Å². The normalized spacial score (nSPS) is 134. The van der Waals surface area contributed by atoms with Crippen LogP contribution in [-0.2, 0) is 7.72 Å². The zero-order valence-corrected chi connectivity index (χ0v) is 10.9. The molecule has 0 aromatic heterocycles. The molecule has 15 heavy (non-hydrogen) atoms. The molecule has 1 heteroatoms. The molecule has 0 N–H and O–H groups in total. The summed E-state index contributed by atoms with van der Waals surface area (Å²) in [5.74, 6) is 0. The molecule has 0 nitrogen and oxygen atoms in total. The Labute approximate surface area is 78.5 Å². The van der Waals surface area contributed by atoms with E-state index in [9.17, 15) is 0 Å². The van der Waals surface area contributed by atoms with Crippen molar-refractivity contribution in [3.05, 3.63) is 0 Å². The summed E-state index contributed by atoms with van der Waals surface area (Å²) in [6, 6.07) is 0. The summed E-state index contributed by atoms with van der Waals surface area (Å²) in [4.78, 5) is 0. The summed E-state index contributed by atoms with van der Waals surface area (Å²) in [5, 5.41) is 0. The average molecular weight is 287 g/mol. The topological polar surface area (TPSA) is 0 Å². The maximum absolute atomic E-state index is 2.84. The summed E-state index contributed by atoms with van der Waals surface area (Å²) in [7, 11) is -2.84. The fourth-order valence-corrected chi connectivity index (χ4v) is 153. The molecule has 82 valence electrons. The molecule has 10 aliphatic heterocycles. The molecular weight excluding hydrogens is 269 g/mol. The van der Waals surface area contributed by atoms with Crippen LogP contribution in [0.2, 0.25) is 44.6 Å². The van der Waals surface area contributed by atoms with Gasteiger partial charge in [-0.15, -0.1) is 0 Å². The predicted octanol–water partition coefficient (Wildman–Crippen LogP) is 4.94. The van der Waals surface area contributed by atoms with Crippen LogP contribution in [0.1, 0.15) is 26.2 Å². The Hall–Kier alpha value is 0.623. The summed E-state index contributed by atoms with van der Waals surface area (Å²) >= 11 is 0. The molecule has 10 saturated heterocycles. The zero-order chi connectivity index (χ0) is 9.13. The van der Waals surface area contributed by atoms with Gasteiger partial charge in [0.15, 0.2) is 0 Å². The van der Waals surface area contributed by atoms with Crippen molar-refractivity contribution in [1.29, 1.82) is 0 Å². The number of rotatable bonds is 3. The third-order valence-electron chi connectivity index (χ3n) is 15.9. The minimum atomic E-state index is -2.84. The molecule has 10 rings (SSSR count). The van der Waals surface area contributed by atoms with Gasteiger partial charge in [-0.05, 0) is 0 Å². The SMILES string of the molecule is CCCC[C]12[CH]3[CH]4[CH]5[CH]1[Ru]45321678[CH]2[CH]1[CH]6[CH]7[CH]28. The van der Waals surface area contributed by atoms with Crippen molar-refractivity contribution < 1.29 is 7.72 Å². The standard InChI is InChI=1S/C9H13.C5H5.Ru/c1-2-3-6-9-7-4-5-8-9;1-2-4-5-3-1;/h4-5,7-8H,2-3,6H2,1H3;1-5H;. The number of unbranched alkanes of at least 4 members (excludes halogenated alkanes) is 1. The van der Waals surface area contributed by atoms with Crippen molar-refractivity contribution in [2.45, 2.75) is 70.8 Å². The molecule has 10 heterocycles. The van der Waals surface area contributed by atoms with E-state index in [-0.39, 0.29) is 0 Å². The van der Waals surface area contributed by atoms with E-state index in [1.54, 1.807) is 53.5 Å². The van der Waals surface area contributed by atoms with E-state index in [0.29, 0.717) is 0 Å². The Bertz CT molecular complexity index is 797. The molecule has 0 aromatic rings. The van der Waals surface area contributed by atoms with E-state index < -0.39 is 7.72 Å². The van der Waals surface area contributed by atoms with Crippen molar-refractivity contribution in [3.63, 3.8) is 0 Å². The quantitative estimate of drug-likeness (QED) is 0.645. The predicted molar refractivity (Wildman–Crippen MR) is 56.0 cm³/mol. The van der Waals surface area contributed by atoms with E-state index in [1.165, 1.54) is 10.4 Å². The summed E-state index contributed by atoms with van der Waals surface area (Å²) in [5.41, 5.74) is 0. The van der Waals surface area contributed by atoms with Gasteiger partial charge in [-0.3, -0.25) is 0 Å². The minimum absolute atomic E-state index is 1.26. The van der Waals surface area contributed by atoms with Crippen molar-refractivity contribution in [1.82, 2.24) is 0 Å². The molecule has 10 fully saturated rings. The van der Waals surface area contributed by atoms with E-state index in [0.717, 1.165) is 0 Å². The molecule has 0 bridgehead atoms. The van der Waals surface area contributed by atoms with Gasteiger partial charge >= 0.3 is 78.5 Å². The first kappa shape index (κ1) is 5.51. The van der Waals surface area contributed by atoms with Gasteiger partial charge in [-0.1, -0.05) is 0 Å². The van der Waals surface area contributed by atoms with E-state index >= 15 is 0 Å².